The molecule has 4 rings (SSSR count). The van der Waals surface area contributed by atoms with Crippen molar-refractivity contribution in [1.82, 2.24) is 0 Å². The van der Waals surface area contributed by atoms with Crippen molar-refractivity contribution in [2.24, 2.45) is 0 Å². The summed E-state index contributed by atoms with van der Waals surface area (Å²) in [4.78, 5) is 40.6. The number of hydrogen-bond donors (Lipinski definition) is 2. The molecule has 0 saturated heterocycles. The average molecular weight is 555 g/mol. The van der Waals surface area contributed by atoms with Crippen LogP contribution in [0.1, 0.15) is 50.9 Å². The summed E-state index contributed by atoms with van der Waals surface area (Å²) in [5.74, 6) is -0.204. The molecule has 8 nitrogen and oxygen atoms in total. The second kappa shape index (κ2) is 12.4. The van der Waals surface area contributed by atoms with Gasteiger partial charge < -0.3 is 24.8 Å². The number of rotatable bonds is 9. The highest BCUT2D eigenvalue weighted by atomic mass is 32.2. The number of carbonyl (C=O) groups excluding carboxylic acids is 3. The number of fused-ring (bicyclic) bond motifs is 1. The summed E-state index contributed by atoms with van der Waals surface area (Å²) in [6.07, 6.45) is 3.81. The van der Waals surface area contributed by atoms with E-state index in [1.54, 1.807) is 37.3 Å². The van der Waals surface area contributed by atoms with Gasteiger partial charge in [0.25, 0.3) is 5.91 Å². The number of esters is 1. The monoisotopic (exact) mass is 554 g/mol. The topological polar surface area (TPSA) is 103 Å². The van der Waals surface area contributed by atoms with Gasteiger partial charge in [0.05, 0.1) is 32.1 Å². The van der Waals surface area contributed by atoms with Crippen LogP contribution in [-0.4, -0.2) is 44.4 Å². The quantitative estimate of drug-likeness (QED) is 0.254. The highest BCUT2D eigenvalue weighted by Crippen LogP contribution is 2.39. The molecule has 1 unspecified atom stereocenters. The molecule has 38 heavy (non-hydrogen) atoms. The summed E-state index contributed by atoms with van der Waals surface area (Å²) in [6.45, 7) is 1.80. The molecule has 200 valence electrons. The number of thioether (sulfide) groups is 1. The van der Waals surface area contributed by atoms with E-state index in [4.69, 9.17) is 14.2 Å². The van der Waals surface area contributed by atoms with Crippen molar-refractivity contribution in [3.63, 3.8) is 0 Å². The first-order chi connectivity index (χ1) is 18.4. The Bertz CT molecular complexity index is 1330. The summed E-state index contributed by atoms with van der Waals surface area (Å²) in [5, 5.41) is 5.93. The van der Waals surface area contributed by atoms with Crippen LogP contribution in [0.4, 0.5) is 10.7 Å². The number of benzene rings is 2. The van der Waals surface area contributed by atoms with Crippen LogP contribution in [0.5, 0.6) is 11.5 Å². The fraction of sp³-hybridized carbons (Fsp3) is 0.321. The first-order valence-corrected chi connectivity index (χ1v) is 13.9. The van der Waals surface area contributed by atoms with Gasteiger partial charge in [0.2, 0.25) is 5.91 Å². The third kappa shape index (κ3) is 5.97. The third-order valence-electron chi connectivity index (χ3n) is 6.23. The van der Waals surface area contributed by atoms with Gasteiger partial charge in [-0.1, -0.05) is 12.1 Å². The number of thiophene rings is 1. The van der Waals surface area contributed by atoms with Gasteiger partial charge in [-0.2, -0.15) is 0 Å². The van der Waals surface area contributed by atoms with Gasteiger partial charge in [0.15, 0.2) is 0 Å². The van der Waals surface area contributed by atoms with E-state index in [1.807, 2.05) is 12.1 Å². The molecule has 0 bridgehead atoms. The smallest absolute Gasteiger partial charge is 0.341 e. The number of carbonyl (C=O) groups is 3. The predicted molar refractivity (Wildman–Crippen MR) is 150 cm³/mol. The van der Waals surface area contributed by atoms with Gasteiger partial charge in [-0.25, -0.2) is 4.79 Å². The van der Waals surface area contributed by atoms with E-state index in [9.17, 15) is 14.4 Å². The number of methoxy groups -OCH3 is 3. The summed E-state index contributed by atoms with van der Waals surface area (Å²) in [7, 11) is 4.35. The Morgan fingerprint density at radius 2 is 1.61 bits per heavy atom. The summed E-state index contributed by atoms with van der Waals surface area (Å²) < 4.78 is 15.7. The van der Waals surface area contributed by atoms with Crippen LogP contribution < -0.4 is 20.1 Å². The molecule has 0 radical (unpaired) electrons. The Kier molecular flexibility index (Phi) is 8.96. The first-order valence-electron chi connectivity index (χ1n) is 12.2. The third-order valence-corrected chi connectivity index (χ3v) is 8.53. The Morgan fingerprint density at radius 3 is 2.29 bits per heavy atom. The van der Waals surface area contributed by atoms with Gasteiger partial charge in [0, 0.05) is 15.5 Å². The zero-order valence-electron chi connectivity index (χ0n) is 21.7. The number of hydrogen-bond acceptors (Lipinski definition) is 8. The highest BCUT2D eigenvalue weighted by molar-refractivity contribution is 8.00. The highest BCUT2D eigenvalue weighted by Gasteiger charge is 2.28. The Hall–Kier alpha value is -3.50. The molecule has 1 aromatic heterocycles. The van der Waals surface area contributed by atoms with Gasteiger partial charge in [0.1, 0.15) is 22.1 Å². The molecule has 0 aliphatic heterocycles. The number of anilines is 2. The van der Waals surface area contributed by atoms with Crippen LogP contribution in [0.2, 0.25) is 0 Å². The van der Waals surface area contributed by atoms with Gasteiger partial charge in [-0.3, -0.25) is 9.59 Å². The number of aryl methyl sites for hydroxylation is 1. The molecule has 2 amide bonds. The lowest BCUT2D eigenvalue weighted by Gasteiger charge is -2.15. The maximum atomic E-state index is 13.1. The van der Waals surface area contributed by atoms with Crippen molar-refractivity contribution >= 4 is 51.6 Å². The average Bonchev–Trinajstić information content (AvgIpc) is 3.29. The Labute approximate surface area is 230 Å². The molecule has 3 aromatic rings. The minimum absolute atomic E-state index is 0.216. The van der Waals surface area contributed by atoms with Crippen LogP contribution in [0.15, 0.2) is 47.4 Å². The van der Waals surface area contributed by atoms with Crippen LogP contribution >= 0.6 is 23.1 Å². The first kappa shape index (κ1) is 27.5. The lowest BCUT2D eigenvalue weighted by molar-refractivity contribution is -0.115. The lowest BCUT2D eigenvalue weighted by atomic mass is 9.95. The van der Waals surface area contributed by atoms with E-state index < -0.39 is 11.2 Å². The van der Waals surface area contributed by atoms with E-state index in [2.05, 4.69) is 10.6 Å². The van der Waals surface area contributed by atoms with Crippen molar-refractivity contribution in [2.75, 3.05) is 32.0 Å². The Balaban J connectivity index is 1.46. The molecule has 1 aliphatic rings. The van der Waals surface area contributed by atoms with E-state index in [0.29, 0.717) is 33.3 Å². The molecular formula is C28H30N2O6S2. The molecule has 2 N–H and O–H groups in total. The molecule has 0 spiro atoms. The maximum Gasteiger partial charge on any atom is 0.341 e. The molecule has 0 saturated carbocycles. The van der Waals surface area contributed by atoms with Crippen LogP contribution in [0.3, 0.4) is 0 Å². The second-order valence-corrected chi connectivity index (χ2v) is 11.2. The van der Waals surface area contributed by atoms with Crippen molar-refractivity contribution in [2.45, 2.75) is 42.8 Å². The Morgan fingerprint density at radius 1 is 0.921 bits per heavy atom. The van der Waals surface area contributed by atoms with Crippen LogP contribution in [0.25, 0.3) is 0 Å². The molecule has 10 heteroatoms. The minimum Gasteiger partial charge on any atom is -0.496 e. The lowest BCUT2D eigenvalue weighted by Crippen LogP contribution is -2.23. The standard InChI is InChI=1S/C28H30N2O6S2/c1-16(25(31)30-27-23(28(33)36-4)19-11-5-6-14-22(19)38-27)37-18-10-7-9-17(15-18)29-26(32)24-20(34-2)12-8-13-21(24)35-3/h7-10,12-13,15-16H,5-6,11,14H2,1-4H3,(H,29,32)(H,30,31). The van der Waals surface area contributed by atoms with Gasteiger partial charge in [-0.05, 0) is 68.5 Å². The molecular weight excluding hydrogens is 524 g/mol. The maximum absolute atomic E-state index is 13.1. The number of nitrogens with one attached hydrogen (secondary N) is 2. The zero-order valence-corrected chi connectivity index (χ0v) is 23.3. The van der Waals surface area contributed by atoms with E-state index in [-0.39, 0.29) is 11.8 Å². The predicted octanol–water partition coefficient (Wildman–Crippen LogP) is 5.80. The fourth-order valence-corrected chi connectivity index (χ4v) is 6.57. The van der Waals surface area contributed by atoms with Gasteiger partial charge in [-0.15, -0.1) is 23.1 Å². The van der Waals surface area contributed by atoms with Crippen LogP contribution in [0, 0.1) is 0 Å². The zero-order chi connectivity index (χ0) is 27.2. The van der Waals surface area contributed by atoms with Crippen molar-refractivity contribution in [1.29, 1.82) is 0 Å². The van der Waals surface area contributed by atoms with Gasteiger partial charge >= 0.3 is 5.97 Å². The second-order valence-electron chi connectivity index (χ2n) is 8.68. The summed E-state index contributed by atoms with van der Waals surface area (Å²) >= 11 is 2.81. The van der Waals surface area contributed by atoms with E-state index in [1.165, 1.54) is 44.4 Å². The van der Waals surface area contributed by atoms with Crippen molar-refractivity contribution in [3.8, 4) is 11.5 Å². The summed E-state index contributed by atoms with van der Waals surface area (Å²) in [6, 6.07) is 12.4. The molecule has 0 fully saturated rings. The minimum atomic E-state index is -0.458. The molecule has 1 aliphatic carbocycles. The normalized spacial score (nSPS) is 13.2. The van der Waals surface area contributed by atoms with Crippen molar-refractivity contribution in [3.05, 3.63) is 64.0 Å². The van der Waals surface area contributed by atoms with Crippen molar-refractivity contribution < 1.29 is 28.6 Å². The fourth-order valence-electron chi connectivity index (χ4n) is 4.36. The number of amides is 2. The molecule has 1 atom stereocenters. The van der Waals surface area contributed by atoms with E-state index >= 15 is 0 Å². The van der Waals surface area contributed by atoms with E-state index in [0.717, 1.165) is 41.0 Å². The van der Waals surface area contributed by atoms with Crippen LogP contribution in [-0.2, 0) is 22.4 Å². The number of ether oxygens (including phenoxy) is 3. The molecule has 1 heterocycles. The largest absolute Gasteiger partial charge is 0.496 e. The summed E-state index contributed by atoms with van der Waals surface area (Å²) in [5.41, 5.74) is 2.34. The molecule has 2 aromatic carbocycles. The SMILES string of the molecule is COC(=O)c1c(NC(=O)C(C)Sc2cccc(NC(=O)c3c(OC)cccc3OC)c2)sc2c1CCCC2.